The van der Waals surface area contributed by atoms with Crippen LogP contribution in [0.5, 0.6) is 0 Å². The predicted molar refractivity (Wildman–Crippen MR) is 92.7 cm³/mol. The van der Waals surface area contributed by atoms with E-state index in [0.717, 1.165) is 37.8 Å². The van der Waals surface area contributed by atoms with Crippen LogP contribution >= 0.6 is 12.2 Å². The zero-order valence-electron chi connectivity index (χ0n) is 12.5. The van der Waals surface area contributed by atoms with Crippen molar-refractivity contribution in [3.63, 3.8) is 0 Å². The third-order valence-electron chi connectivity index (χ3n) is 3.89. The van der Waals surface area contributed by atoms with Gasteiger partial charge in [-0.2, -0.15) is 0 Å². The highest BCUT2D eigenvalue weighted by Crippen LogP contribution is 2.10. The number of aromatic amines is 1. The highest BCUT2D eigenvalue weighted by atomic mass is 32.1. The summed E-state index contributed by atoms with van der Waals surface area (Å²) >= 11 is 5.52. The van der Waals surface area contributed by atoms with Crippen molar-refractivity contribution in [3.05, 3.63) is 60.3 Å². The van der Waals surface area contributed by atoms with E-state index in [1.165, 1.54) is 11.4 Å². The molecule has 2 aromatic rings. The van der Waals surface area contributed by atoms with Crippen molar-refractivity contribution in [2.24, 2.45) is 0 Å². The molecule has 1 aliphatic rings. The Balaban J connectivity index is 1.48. The molecule has 2 heterocycles. The van der Waals surface area contributed by atoms with Crippen molar-refractivity contribution in [1.29, 1.82) is 0 Å². The molecule has 1 fully saturated rings. The maximum atomic E-state index is 5.52. The van der Waals surface area contributed by atoms with E-state index in [1.807, 2.05) is 18.3 Å². The molecule has 0 bridgehead atoms. The first kappa shape index (κ1) is 14.8. The number of anilines is 1. The van der Waals surface area contributed by atoms with Crippen LogP contribution < -0.4 is 15.2 Å². The first-order valence-corrected chi connectivity index (χ1v) is 8.02. The molecular weight excluding hydrogens is 292 g/mol. The van der Waals surface area contributed by atoms with E-state index in [4.69, 9.17) is 12.2 Å². The molecular formula is C17H21N4S+. The minimum absolute atomic E-state index is 0.784. The topological polar surface area (TPSA) is 32.6 Å². The van der Waals surface area contributed by atoms with Gasteiger partial charge in [-0.3, -0.25) is 4.90 Å². The Morgan fingerprint density at radius 2 is 1.73 bits per heavy atom. The second-order valence-corrected chi connectivity index (χ2v) is 5.75. The molecule has 3 rings (SSSR count). The summed E-state index contributed by atoms with van der Waals surface area (Å²) < 4.78 is 0. The van der Waals surface area contributed by atoms with Crippen molar-refractivity contribution < 1.29 is 4.98 Å². The highest BCUT2D eigenvalue weighted by Gasteiger charge is 2.24. The molecule has 0 spiro atoms. The number of rotatable bonds is 3. The number of nitrogens with zero attached hydrogens (tertiary/aromatic N) is 2. The summed E-state index contributed by atoms with van der Waals surface area (Å²) in [4.78, 5) is 7.89. The largest absolute Gasteiger partial charge is 0.358 e. The monoisotopic (exact) mass is 313 g/mol. The van der Waals surface area contributed by atoms with Gasteiger partial charge in [0.25, 0.3) is 5.82 Å². The van der Waals surface area contributed by atoms with Crippen molar-refractivity contribution >= 4 is 23.1 Å². The number of piperazine rings is 1. The van der Waals surface area contributed by atoms with E-state index < -0.39 is 0 Å². The number of benzene rings is 1. The molecule has 4 nitrogen and oxygen atoms in total. The van der Waals surface area contributed by atoms with E-state index in [2.05, 4.69) is 56.5 Å². The molecule has 0 unspecified atom stereocenters. The Hall–Kier alpha value is -2.14. The average Bonchev–Trinajstić information content (AvgIpc) is 2.61. The summed E-state index contributed by atoms with van der Waals surface area (Å²) in [5.41, 5.74) is 1.25. The molecule has 22 heavy (non-hydrogen) atoms. The maximum absolute atomic E-state index is 5.52. The molecule has 0 amide bonds. The van der Waals surface area contributed by atoms with Gasteiger partial charge >= 0.3 is 0 Å². The lowest BCUT2D eigenvalue weighted by molar-refractivity contribution is -0.364. The number of hydrogen-bond donors (Lipinski definition) is 1. The lowest BCUT2D eigenvalue weighted by Gasteiger charge is -2.32. The van der Waals surface area contributed by atoms with Gasteiger partial charge in [0.15, 0.2) is 5.11 Å². The fraction of sp³-hybridized carbons (Fsp3) is 0.294. The fourth-order valence-electron chi connectivity index (χ4n) is 2.62. The second kappa shape index (κ2) is 7.22. The molecule has 0 saturated carbocycles. The minimum Gasteiger partial charge on any atom is -0.358 e. The van der Waals surface area contributed by atoms with Crippen molar-refractivity contribution in [3.8, 4) is 0 Å². The van der Waals surface area contributed by atoms with E-state index >= 15 is 0 Å². The van der Waals surface area contributed by atoms with Crippen LogP contribution in [0.2, 0.25) is 0 Å². The van der Waals surface area contributed by atoms with Crippen LogP contribution in [0.1, 0.15) is 5.56 Å². The third kappa shape index (κ3) is 3.74. The molecule has 2 N–H and O–H groups in total. The molecule has 0 atom stereocenters. The molecule has 0 radical (unpaired) electrons. The standard InChI is InChI=1S/C17H20N4S/c22-17(19-14-15-6-2-1-3-7-15)21-12-10-20(11-13-21)16-8-4-5-9-18-16/h1-9H,10-14H2,(H,19,22)/p+1. The van der Waals surface area contributed by atoms with Gasteiger partial charge in [0, 0.05) is 12.6 Å². The summed E-state index contributed by atoms with van der Waals surface area (Å²) in [5.74, 6) is 1.17. The van der Waals surface area contributed by atoms with Gasteiger partial charge in [0.05, 0.1) is 19.3 Å². The van der Waals surface area contributed by atoms with E-state index in [1.54, 1.807) is 0 Å². The van der Waals surface area contributed by atoms with Crippen LogP contribution in [0, 0.1) is 0 Å². The molecule has 1 aliphatic heterocycles. The van der Waals surface area contributed by atoms with Gasteiger partial charge in [-0.25, -0.2) is 4.98 Å². The van der Waals surface area contributed by atoms with Crippen LogP contribution in [0.3, 0.4) is 0 Å². The lowest BCUT2D eigenvalue weighted by Crippen LogP contribution is -2.52. The quantitative estimate of drug-likeness (QED) is 0.874. The molecule has 1 aromatic carbocycles. The Labute approximate surface area is 136 Å². The smallest absolute Gasteiger partial charge is 0.274 e. The van der Waals surface area contributed by atoms with Crippen LogP contribution in [0.25, 0.3) is 0 Å². The fourth-order valence-corrected chi connectivity index (χ4v) is 2.87. The Bertz CT molecular complexity index is 595. The number of pyridine rings is 1. The third-order valence-corrected chi connectivity index (χ3v) is 4.29. The summed E-state index contributed by atoms with van der Waals surface area (Å²) in [6.45, 7) is 4.64. The van der Waals surface area contributed by atoms with E-state index in [9.17, 15) is 0 Å². The predicted octanol–water partition coefficient (Wildman–Crippen LogP) is 1.70. The first-order chi connectivity index (χ1) is 10.8. The summed E-state index contributed by atoms with van der Waals surface area (Å²) in [6, 6.07) is 16.5. The van der Waals surface area contributed by atoms with Gasteiger partial charge in [0.1, 0.15) is 13.1 Å². The second-order valence-electron chi connectivity index (χ2n) is 5.37. The molecule has 1 saturated heterocycles. The van der Waals surface area contributed by atoms with Crippen LogP contribution in [-0.4, -0.2) is 36.2 Å². The maximum Gasteiger partial charge on any atom is 0.274 e. The zero-order valence-corrected chi connectivity index (χ0v) is 13.4. The van der Waals surface area contributed by atoms with Crippen LogP contribution in [0.4, 0.5) is 5.82 Å². The summed E-state index contributed by atoms with van der Waals surface area (Å²) in [6.07, 6.45) is 1.97. The number of nitrogens with one attached hydrogen (secondary N) is 2. The van der Waals surface area contributed by atoms with E-state index in [0.29, 0.717) is 0 Å². The average molecular weight is 313 g/mol. The van der Waals surface area contributed by atoms with Gasteiger partial charge < -0.3 is 10.2 Å². The highest BCUT2D eigenvalue weighted by molar-refractivity contribution is 7.80. The zero-order chi connectivity index (χ0) is 15.2. The van der Waals surface area contributed by atoms with Crippen molar-refractivity contribution in [1.82, 2.24) is 10.2 Å². The number of aromatic nitrogens is 1. The number of thiocarbonyl (C=S) groups is 1. The Morgan fingerprint density at radius 1 is 1.00 bits per heavy atom. The Kier molecular flexibility index (Phi) is 4.85. The van der Waals surface area contributed by atoms with Gasteiger partial charge in [-0.1, -0.05) is 36.4 Å². The molecule has 5 heteroatoms. The normalized spacial score (nSPS) is 14.7. The summed E-state index contributed by atoms with van der Waals surface area (Å²) in [7, 11) is 0. The number of H-pyrrole nitrogens is 1. The minimum atomic E-state index is 0.784. The summed E-state index contributed by atoms with van der Waals surface area (Å²) in [5, 5.41) is 4.20. The Morgan fingerprint density at radius 3 is 2.41 bits per heavy atom. The molecule has 1 aromatic heterocycles. The van der Waals surface area contributed by atoms with E-state index in [-0.39, 0.29) is 0 Å². The van der Waals surface area contributed by atoms with Gasteiger partial charge in [-0.15, -0.1) is 0 Å². The van der Waals surface area contributed by atoms with Gasteiger partial charge in [-0.05, 0) is 23.8 Å². The van der Waals surface area contributed by atoms with Crippen molar-refractivity contribution in [2.75, 3.05) is 31.1 Å². The lowest BCUT2D eigenvalue weighted by atomic mass is 10.2. The first-order valence-electron chi connectivity index (χ1n) is 7.61. The molecule has 0 aliphatic carbocycles. The van der Waals surface area contributed by atoms with Crippen LogP contribution in [0.15, 0.2) is 54.7 Å². The number of hydrogen-bond acceptors (Lipinski definition) is 2. The SMILES string of the molecule is S=C(NCc1ccccc1)N1CCN(c2cccc[nH+]2)CC1. The van der Waals surface area contributed by atoms with Crippen molar-refractivity contribution in [2.45, 2.75) is 6.54 Å². The van der Waals surface area contributed by atoms with Crippen LogP contribution in [-0.2, 0) is 6.54 Å². The molecule has 114 valence electrons. The van der Waals surface area contributed by atoms with Gasteiger partial charge in [0.2, 0.25) is 0 Å².